The zero-order chi connectivity index (χ0) is 19.3. The molecule has 0 unspecified atom stereocenters. The van der Waals surface area contributed by atoms with Gasteiger partial charge >= 0.3 is 11.9 Å². The first-order chi connectivity index (χ1) is 13.2. The molecule has 2 aromatic carbocycles. The summed E-state index contributed by atoms with van der Waals surface area (Å²) in [5, 5.41) is 0. The summed E-state index contributed by atoms with van der Waals surface area (Å²) in [6, 6.07) is 16.7. The molecule has 0 radical (unpaired) electrons. The molecular formula is C23H28O4. The standard InChI is InChI=1S/C23H28O4/c1-2-3-4-10-17-26-22(24)20-15-8-9-16-21(20)23(25)27-18-11-14-19-12-6-5-7-13-19/h5-9,12-13,15-16H,2-4,10-11,14,17-18H2,1H3. The van der Waals surface area contributed by atoms with Gasteiger partial charge in [-0.3, -0.25) is 0 Å². The number of hydrogen-bond donors (Lipinski definition) is 0. The van der Waals surface area contributed by atoms with Gasteiger partial charge in [0.2, 0.25) is 0 Å². The molecule has 0 fully saturated rings. The lowest BCUT2D eigenvalue weighted by atomic mass is 10.1. The third-order valence-corrected chi connectivity index (χ3v) is 4.28. The predicted molar refractivity (Wildman–Crippen MR) is 106 cm³/mol. The van der Waals surface area contributed by atoms with Gasteiger partial charge in [0.25, 0.3) is 0 Å². The number of hydrogen-bond acceptors (Lipinski definition) is 4. The number of carbonyl (C=O) groups excluding carboxylic acids is 2. The highest BCUT2D eigenvalue weighted by molar-refractivity contribution is 6.03. The molecule has 27 heavy (non-hydrogen) atoms. The van der Waals surface area contributed by atoms with Gasteiger partial charge < -0.3 is 9.47 Å². The molecule has 0 saturated heterocycles. The molecule has 0 aliphatic carbocycles. The Hall–Kier alpha value is -2.62. The van der Waals surface area contributed by atoms with E-state index in [-0.39, 0.29) is 11.1 Å². The number of rotatable bonds is 11. The fraction of sp³-hybridized carbons (Fsp3) is 0.391. The molecule has 0 N–H and O–H groups in total. The molecule has 0 aromatic heterocycles. The fourth-order valence-corrected chi connectivity index (χ4v) is 2.77. The second-order valence-corrected chi connectivity index (χ2v) is 6.47. The largest absolute Gasteiger partial charge is 0.462 e. The van der Waals surface area contributed by atoms with Crippen LogP contribution in [0.15, 0.2) is 54.6 Å². The van der Waals surface area contributed by atoms with E-state index in [2.05, 4.69) is 6.92 Å². The average molecular weight is 368 g/mol. The lowest BCUT2D eigenvalue weighted by Gasteiger charge is -2.10. The molecule has 0 atom stereocenters. The van der Waals surface area contributed by atoms with Crippen molar-refractivity contribution in [2.24, 2.45) is 0 Å². The molecule has 0 saturated carbocycles. The summed E-state index contributed by atoms with van der Waals surface area (Å²) in [5.41, 5.74) is 1.73. The van der Waals surface area contributed by atoms with Crippen LogP contribution in [0.2, 0.25) is 0 Å². The molecule has 0 bridgehead atoms. The molecule has 144 valence electrons. The molecule has 0 heterocycles. The van der Waals surface area contributed by atoms with Crippen LogP contribution in [-0.4, -0.2) is 25.2 Å². The lowest BCUT2D eigenvalue weighted by Crippen LogP contribution is -2.15. The summed E-state index contributed by atoms with van der Waals surface area (Å²) in [4.78, 5) is 24.7. The van der Waals surface area contributed by atoms with Crippen molar-refractivity contribution < 1.29 is 19.1 Å². The Morgan fingerprint density at radius 2 is 1.26 bits per heavy atom. The van der Waals surface area contributed by atoms with Gasteiger partial charge in [0.05, 0.1) is 24.3 Å². The van der Waals surface area contributed by atoms with Crippen LogP contribution in [0.4, 0.5) is 0 Å². The highest BCUT2D eigenvalue weighted by Gasteiger charge is 2.18. The number of benzene rings is 2. The maximum Gasteiger partial charge on any atom is 0.339 e. The number of aryl methyl sites for hydroxylation is 1. The Morgan fingerprint density at radius 1 is 0.704 bits per heavy atom. The van der Waals surface area contributed by atoms with E-state index in [0.29, 0.717) is 13.2 Å². The summed E-state index contributed by atoms with van der Waals surface area (Å²) < 4.78 is 10.7. The SMILES string of the molecule is CCCCCCOC(=O)c1ccccc1C(=O)OCCCc1ccccc1. The topological polar surface area (TPSA) is 52.6 Å². The summed E-state index contributed by atoms with van der Waals surface area (Å²) in [6.45, 7) is 2.82. The highest BCUT2D eigenvalue weighted by atomic mass is 16.5. The first-order valence-electron chi connectivity index (χ1n) is 9.69. The van der Waals surface area contributed by atoms with Crippen LogP contribution in [0.5, 0.6) is 0 Å². The van der Waals surface area contributed by atoms with E-state index in [1.54, 1.807) is 24.3 Å². The molecule has 4 nitrogen and oxygen atoms in total. The van der Waals surface area contributed by atoms with Gasteiger partial charge in [-0.15, -0.1) is 0 Å². The van der Waals surface area contributed by atoms with Gasteiger partial charge in [0.15, 0.2) is 0 Å². The van der Waals surface area contributed by atoms with E-state index in [1.165, 1.54) is 5.56 Å². The Balaban J connectivity index is 1.82. The average Bonchev–Trinajstić information content (AvgIpc) is 2.71. The smallest absolute Gasteiger partial charge is 0.339 e. The fourth-order valence-electron chi connectivity index (χ4n) is 2.77. The summed E-state index contributed by atoms with van der Waals surface area (Å²) in [6.07, 6.45) is 5.71. The van der Waals surface area contributed by atoms with Gasteiger partial charge in [-0.25, -0.2) is 9.59 Å². The maximum atomic E-state index is 12.4. The molecule has 2 aromatic rings. The van der Waals surface area contributed by atoms with E-state index in [4.69, 9.17) is 9.47 Å². The number of unbranched alkanes of at least 4 members (excludes halogenated alkanes) is 3. The van der Waals surface area contributed by atoms with Crippen molar-refractivity contribution in [2.75, 3.05) is 13.2 Å². The van der Waals surface area contributed by atoms with Crippen LogP contribution in [0, 0.1) is 0 Å². The summed E-state index contributed by atoms with van der Waals surface area (Å²) in [7, 11) is 0. The normalized spacial score (nSPS) is 10.4. The lowest BCUT2D eigenvalue weighted by molar-refractivity contribution is 0.0452. The second-order valence-electron chi connectivity index (χ2n) is 6.47. The molecule has 0 aliphatic rings. The summed E-state index contributed by atoms with van der Waals surface area (Å²) in [5.74, 6) is -0.954. The Morgan fingerprint density at radius 3 is 1.85 bits per heavy atom. The van der Waals surface area contributed by atoms with Crippen LogP contribution in [0.1, 0.15) is 65.3 Å². The number of carbonyl (C=O) groups is 2. The van der Waals surface area contributed by atoms with Crippen LogP contribution >= 0.6 is 0 Å². The van der Waals surface area contributed by atoms with Gasteiger partial charge in [0, 0.05) is 0 Å². The second kappa shape index (κ2) is 11.9. The minimum Gasteiger partial charge on any atom is -0.462 e. The van der Waals surface area contributed by atoms with Crippen molar-refractivity contribution in [2.45, 2.75) is 45.4 Å². The zero-order valence-corrected chi connectivity index (χ0v) is 16.0. The van der Waals surface area contributed by atoms with Crippen LogP contribution in [0.3, 0.4) is 0 Å². The minimum absolute atomic E-state index is 0.260. The maximum absolute atomic E-state index is 12.4. The van der Waals surface area contributed by atoms with Crippen molar-refractivity contribution in [3.05, 3.63) is 71.3 Å². The van der Waals surface area contributed by atoms with Crippen molar-refractivity contribution in [3.63, 3.8) is 0 Å². The predicted octanol–water partition coefficient (Wildman–Crippen LogP) is 5.21. The van der Waals surface area contributed by atoms with Crippen molar-refractivity contribution in [3.8, 4) is 0 Å². The molecular weight excluding hydrogens is 340 g/mol. The Kier molecular flexibility index (Phi) is 9.11. The molecule has 4 heteroatoms. The third-order valence-electron chi connectivity index (χ3n) is 4.28. The van der Waals surface area contributed by atoms with Crippen molar-refractivity contribution in [1.29, 1.82) is 0 Å². The third kappa shape index (κ3) is 7.26. The quantitative estimate of drug-likeness (QED) is 0.403. The molecule has 0 aliphatic heterocycles. The molecule has 0 amide bonds. The van der Waals surface area contributed by atoms with Crippen LogP contribution in [-0.2, 0) is 15.9 Å². The highest BCUT2D eigenvalue weighted by Crippen LogP contribution is 2.13. The van der Waals surface area contributed by atoms with E-state index in [9.17, 15) is 9.59 Å². The van der Waals surface area contributed by atoms with E-state index < -0.39 is 11.9 Å². The van der Waals surface area contributed by atoms with Gasteiger partial charge in [-0.2, -0.15) is 0 Å². The molecule has 0 spiro atoms. The number of esters is 2. The Labute approximate surface area is 161 Å². The van der Waals surface area contributed by atoms with E-state index in [1.807, 2.05) is 30.3 Å². The molecule has 2 rings (SSSR count). The van der Waals surface area contributed by atoms with E-state index >= 15 is 0 Å². The van der Waals surface area contributed by atoms with E-state index in [0.717, 1.165) is 38.5 Å². The van der Waals surface area contributed by atoms with Gasteiger partial charge in [-0.1, -0.05) is 68.7 Å². The monoisotopic (exact) mass is 368 g/mol. The van der Waals surface area contributed by atoms with Crippen molar-refractivity contribution >= 4 is 11.9 Å². The minimum atomic E-state index is -0.485. The number of ether oxygens (including phenoxy) is 2. The van der Waals surface area contributed by atoms with Crippen molar-refractivity contribution in [1.82, 2.24) is 0 Å². The van der Waals surface area contributed by atoms with Gasteiger partial charge in [-0.05, 0) is 37.0 Å². The summed E-state index contributed by atoms with van der Waals surface area (Å²) >= 11 is 0. The van der Waals surface area contributed by atoms with Crippen LogP contribution < -0.4 is 0 Å². The first-order valence-corrected chi connectivity index (χ1v) is 9.69. The van der Waals surface area contributed by atoms with Crippen LogP contribution in [0.25, 0.3) is 0 Å². The Bertz CT molecular complexity index is 709. The first kappa shape index (κ1) is 20.7. The zero-order valence-electron chi connectivity index (χ0n) is 16.0. The van der Waals surface area contributed by atoms with Gasteiger partial charge in [0.1, 0.15) is 0 Å².